The molecule has 1 aromatic rings. The van der Waals surface area contributed by atoms with Gasteiger partial charge in [-0.3, -0.25) is 4.90 Å². The monoisotopic (exact) mass is 394 g/mol. The molecule has 8 heteroatoms. The summed E-state index contributed by atoms with van der Waals surface area (Å²) >= 11 is 0. The molecule has 3 aliphatic rings. The third kappa shape index (κ3) is 3.99. The number of pyridine rings is 1. The summed E-state index contributed by atoms with van der Waals surface area (Å²) in [5, 5.41) is 0. The molecule has 1 atom stereocenters. The number of piperidine rings is 1. The third-order valence-electron chi connectivity index (χ3n) is 6.19. The Morgan fingerprint density at radius 1 is 1.04 bits per heavy atom. The van der Waals surface area contributed by atoms with E-state index in [4.69, 9.17) is 4.74 Å². The average Bonchev–Trinajstić information content (AvgIpc) is 3.15. The van der Waals surface area contributed by atoms with E-state index in [-0.39, 0.29) is 4.90 Å². The van der Waals surface area contributed by atoms with Crippen molar-refractivity contribution in [2.45, 2.75) is 49.6 Å². The maximum Gasteiger partial charge on any atom is 0.244 e. The molecule has 0 saturated carbocycles. The predicted octanol–water partition coefficient (Wildman–Crippen LogP) is 1.56. The lowest BCUT2D eigenvalue weighted by atomic mass is 10.0. The van der Waals surface area contributed by atoms with Gasteiger partial charge in [0.1, 0.15) is 10.7 Å². The van der Waals surface area contributed by atoms with Gasteiger partial charge in [-0.2, -0.15) is 4.31 Å². The minimum absolute atomic E-state index is 0.272. The number of ether oxygens (including phenoxy) is 1. The van der Waals surface area contributed by atoms with Crippen molar-refractivity contribution in [1.82, 2.24) is 14.2 Å². The van der Waals surface area contributed by atoms with Crippen LogP contribution in [-0.2, 0) is 14.8 Å². The first kappa shape index (κ1) is 19.1. The van der Waals surface area contributed by atoms with Gasteiger partial charge in [-0.25, -0.2) is 13.4 Å². The first-order chi connectivity index (χ1) is 13.1. The Morgan fingerprint density at radius 3 is 2.37 bits per heavy atom. The summed E-state index contributed by atoms with van der Waals surface area (Å²) in [6.45, 7) is 7.27. The topological polar surface area (TPSA) is 66.0 Å². The van der Waals surface area contributed by atoms with Crippen LogP contribution in [0.2, 0.25) is 0 Å². The van der Waals surface area contributed by atoms with E-state index in [1.54, 1.807) is 6.07 Å². The van der Waals surface area contributed by atoms with E-state index in [1.807, 2.05) is 6.07 Å². The second-order valence-electron chi connectivity index (χ2n) is 7.82. The highest BCUT2D eigenvalue weighted by molar-refractivity contribution is 7.89. The van der Waals surface area contributed by atoms with Crippen LogP contribution in [0.4, 0.5) is 5.82 Å². The highest BCUT2D eigenvalue weighted by Gasteiger charge is 2.31. The van der Waals surface area contributed by atoms with Crippen molar-refractivity contribution >= 4 is 15.8 Å². The van der Waals surface area contributed by atoms with Crippen LogP contribution in [0.5, 0.6) is 0 Å². The Kier molecular flexibility index (Phi) is 5.68. The Labute approximate surface area is 162 Å². The summed E-state index contributed by atoms with van der Waals surface area (Å²) in [5.74, 6) is 0.879. The molecule has 0 N–H and O–H groups in total. The Hall–Kier alpha value is -1.22. The number of sulfonamides is 1. The van der Waals surface area contributed by atoms with Crippen LogP contribution in [0.1, 0.15) is 32.6 Å². The van der Waals surface area contributed by atoms with Crippen LogP contribution in [0.25, 0.3) is 0 Å². The Morgan fingerprint density at radius 2 is 1.78 bits per heavy atom. The second-order valence-corrected chi connectivity index (χ2v) is 9.75. The molecule has 4 heterocycles. The molecule has 0 spiro atoms. The first-order valence-electron chi connectivity index (χ1n) is 10.1. The number of anilines is 1. The van der Waals surface area contributed by atoms with Crippen LogP contribution in [0.3, 0.4) is 0 Å². The van der Waals surface area contributed by atoms with Gasteiger partial charge >= 0.3 is 0 Å². The molecule has 4 rings (SSSR count). The molecule has 27 heavy (non-hydrogen) atoms. The molecule has 3 saturated heterocycles. The van der Waals surface area contributed by atoms with Crippen molar-refractivity contribution in [3.8, 4) is 0 Å². The summed E-state index contributed by atoms with van der Waals surface area (Å²) in [6, 6.07) is 4.94. The molecule has 3 fully saturated rings. The summed E-state index contributed by atoms with van der Waals surface area (Å²) in [5.41, 5.74) is 0. The standard InChI is InChI=1S/C19H30N4O3S/c1-16-3-2-8-23(16)17-6-9-21(10-7-17)19-5-4-18(15-20-19)27(24,25)22-11-13-26-14-12-22/h4-5,15-17H,2-3,6-14H2,1H3. The molecule has 3 aliphatic heterocycles. The molecule has 1 unspecified atom stereocenters. The fourth-order valence-electron chi connectivity index (χ4n) is 4.57. The Balaban J connectivity index is 1.38. The third-order valence-corrected chi connectivity index (χ3v) is 8.07. The smallest absolute Gasteiger partial charge is 0.244 e. The van der Waals surface area contributed by atoms with Gasteiger partial charge in [0.15, 0.2) is 0 Å². The van der Waals surface area contributed by atoms with Crippen LogP contribution in [0.15, 0.2) is 23.2 Å². The quantitative estimate of drug-likeness (QED) is 0.772. The number of morpholine rings is 1. The maximum absolute atomic E-state index is 12.7. The van der Waals surface area contributed by atoms with E-state index < -0.39 is 10.0 Å². The highest BCUT2D eigenvalue weighted by Crippen LogP contribution is 2.27. The van der Waals surface area contributed by atoms with Crippen molar-refractivity contribution < 1.29 is 13.2 Å². The molecule has 0 radical (unpaired) electrons. The molecular weight excluding hydrogens is 364 g/mol. The lowest BCUT2D eigenvalue weighted by Crippen LogP contribution is -2.46. The van der Waals surface area contributed by atoms with E-state index >= 15 is 0 Å². The predicted molar refractivity (Wildman–Crippen MR) is 104 cm³/mol. The fraction of sp³-hybridized carbons (Fsp3) is 0.737. The van der Waals surface area contributed by atoms with Crippen molar-refractivity contribution in [3.05, 3.63) is 18.3 Å². The largest absolute Gasteiger partial charge is 0.379 e. The summed E-state index contributed by atoms with van der Waals surface area (Å²) in [4.78, 5) is 9.70. The lowest BCUT2D eigenvalue weighted by molar-refractivity contribution is 0.0730. The van der Waals surface area contributed by atoms with Crippen molar-refractivity contribution in [2.24, 2.45) is 0 Å². The molecule has 1 aromatic heterocycles. The van der Waals surface area contributed by atoms with Crippen LogP contribution in [0, 0.1) is 0 Å². The molecular formula is C19H30N4O3S. The second kappa shape index (κ2) is 8.03. The van der Waals surface area contributed by atoms with Crippen LogP contribution in [-0.4, -0.2) is 80.6 Å². The van der Waals surface area contributed by atoms with Crippen molar-refractivity contribution in [3.63, 3.8) is 0 Å². The number of rotatable bonds is 4. The number of aromatic nitrogens is 1. The SMILES string of the molecule is CC1CCCN1C1CCN(c2ccc(S(=O)(=O)N3CCOCC3)cn2)CC1. The van der Waals surface area contributed by atoms with Gasteiger partial charge in [0, 0.05) is 44.5 Å². The fourth-order valence-corrected chi connectivity index (χ4v) is 5.93. The normalized spacial score (nSPS) is 26.6. The van der Waals surface area contributed by atoms with Gasteiger partial charge in [0.05, 0.1) is 13.2 Å². The molecule has 7 nitrogen and oxygen atoms in total. The number of nitrogens with zero attached hydrogens (tertiary/aromatic N) is 4. The number of hydrogen-bond donors (Lipinski definition) is 0. The van der Waals surface area contributed by atoms with Crippen LogP contribution < -0.4 is 4.90 Å². The van der Waals surface area contributed by atoms with Gasteiger partial charge < -0.3 is 9.64 Å². The minimum atomic E-state index is -3.47. The lowest BCUT2D eigenvalue weighted by Gasteiger charge is -2.39. The first-order valence-corrected chi connectivity index (χ1v) is 11.5. The molecule has 0 aromatic carbocycles. The average molecular weight is 395 g/mol. The van der Waals surface area contributed by atoms with Gasteiger partial charge in [-0.15, -0.1) is 0 Å². The molecule has 0 aliphatic carbocycles. The zero-order valence-corrected chi connectivity index (χ0v) is 16.9. The van der Waals surface area contributed by atoms with E-state index in [9.17, 15) is 8.42 Å². The van der Waals surface area contributed by atoms with Gasteiger partial charge in [-0.1, -0.05) is 0 Å². The highest BCUT2D eigenvalue weighted by atomic mass is 32.2. The summed E-state index contributed by atoms with van der Waals surface area (Å²) in [6.07, 6.45) is 6.46. The van der Waals surface area contributed by atoms with Gasteiger partial charge in [0.25, 0.3) is 0 Å². The zero-order valence-electron chi connectivity index (χ0n) is 16.1. The summed E-state index contributed by atoms with van der Waals surface area (Å²) < 4.78 is 32.1. The van der Waals surface area contributed by atoms with E-state index in [0.29, 0.717) is 38.4 Å². The number of hydrogen-bond acceptors (Lipinski definition) is 6. The Bertz CT molecular complexity index is 726. The molecule has 150 valence electrons. The van der Waals surface area contributed by atoms with E-state index in [0.717, 1.165) is 31.7 Å². The zero-order chi connectivity index (χ0) is 18.9. The van der Waals surface area contributed by atoms with E-state index in [1.165, 1.54) is 29.9 Å². The van der Waals surface area contributed by atoms with Crippen molar-refractivity contribution in [1.29, 1.82) is 0 Å². The van der Waals surface area contributed by atoms with Gasteiger partial charge in [-0.05, 0) is 51.3 Å². The minimum Gasteiger partial charge on any atom is -0.379 e. The van der Waals surface area contributed by atoms with Crippen LogP contribution >= 0.6 is 0 Å². The van der Waals surface area contributed by atoms with Gasteiger partial charge in [0.2, 0.25) is 10.0 Å². The van der Waals surface area contributed by atoms with Crippen molar-refractivity contribution in [2.75, 3.05) is 50.8 Å². The summed E-state index contributed by atoms with van der Waals surface area (Å²) in [7, 11) is -3.47. The maximum atomic E-state index is 12.7. The molecule has 0 amide bonds. The van der Waals surface area contributed by atoms with E-state index in [2.05, 4.69) is 21.7 Å². The molecule has 0 bridgehead atoms. The number of likely N-dealkylation sites (tertiary alicyclic amines) is 1.